The van der Waals surface area contributed by atoms with Crippen LogP contribution >= 0.6 is 0 Å². The first-order valence-electron chi connectivity index (χ1n) is 8.54. The zero-order valence-corrected chi connectivity index (χ0v) is 15.7. The normalized spacial score (nSPS) is 20.0. The van der Waals surface area contributed by atoms with Crippen molar-refractivity contribution in [1.82, 2.24) is 24.6 Å². The van der Waals surface area contributed by atoms with Gasteiger partial charge >= 0.3 is 6.03 Å². The summed E-state index contributed by atoms with van der Waals surface area (Å²) in [6, 6.07) is -0.342. The second-order valence-electron chi connectivity index (χ2n) is 6.46. The Kier molecular flexibility index (Phi) is 5.30. The third-order valence-electron chi connectivity index (χ3n) is 4.69. The molecule has 3 amide bonds. The summed E-state index contributed by atoms with van der Waals surface area (Å²) in [7, 11) is -3.61. The van der Waals surface area contributed by atoms with Crippen LogP contribution in [0.2, 0.25) is 0 Å². The van der Waals surface area contributed by atoms with Crippen molar-refractivity contribution in [2.75, 3.05) is 45.8 Å². The number of aromatic nitrogens is 1. The highest BCUT2D eigenvalue weighted by atomic mass is 32.2. The highest BCUT2D eigenvalue weighted by Crippen LogP contribution is 2.24. The van der Waals surface area contributed by atoms with Crippen LogP contribution in [-0.2, 0) is 14.8 Å². The van der Waals surface area contributed by atoms with Gasteiger partial charge in [-0.3, -0.25) is 9.69 Å². The second kappa shape index (κ2) is 7.33. The molecule has 1 aromatic heterocycles. The summed E-state index contributed by atoms with van der Waals surface area (Å²) in [4.78, 5) is 26.5. The fraction of sp³-hybridized carbons (Fsp3) is 0.667. The Hall–Kier alpha value is -1.98. The summed E-state index contributed by atoms with van der Waals surface area (Å²) >= 11 is 0. The molecule has 2 saturated heterocycles. The minimum Gasteiger partial charge on any atom is -0.360 e. The summed E-state index contributed by atoms with van der Waals surface area (Å²) in [5.41, 5.74) is 0.374. The lowest BCUT2D eigenvalue weighted by molar-refractivity contribution is -0.125. The number of carbonyl (C=O) groups excluding carboxylic acids is 2. The Morgan fingerprint density at radius 2 is 1.81 bits per heavy atom. The van der Waals surface area contributed by atoms with Gasteiger partial charge in [-0.15, -0.1) is 0 Å². The average molecular weight is 385 g/mol. The molecule has 2 fully saturated rings. The zero-order valence-electron chi connectivity index (χ0n) is 14.9. The maximum Gasteiger partial charge on any atom is 0.324 e. The number of imide groups is 1. The van der Waals surface area contributed by atoms with Gasteiger partial charge in [-0.1, -0.05) is 5.16 Å². The van der Waals surface area contributed by atoms with E-state index in [1.807, 2.05) is 0 Å². The number of carbonyl (C=O) groups is 2. The Morgan fingerprint density at radius 1 is 1.12 bits per heavy atom. The molecule has 2 aliphatic rings. The van der Waals surface area contributed by atoms with E-state index in [0.717, 1.165) is 0 Å². The third kappa shape index (κ3) is 3.60. The molecule has 0 aromatic carbocycles. The number of piperazine rings is 1. The number of hydrogen-bond acceptors (Lipinski definition) is 7. The second-order valence-corrected chi connectivity index (χ2v) is 8.33. The molecule has 1 N–H and O–H groups in total. The van der Waals surface area contributed by atoms with E-state index < -0.39 is 10.0 Å². The average Bonchev–Trinajstić information content (AvgIpc) is 3.11. The molecule has 10 nitrogen and oxygen atoms in total. The smallest absolute Gasteiger partial charge is 0.324 e. The molecule has 0 spiro atoms. The summed E-state index contributed by atoms with van der Waals surface area (Å²) in [5, 5.41) is 6.22. The number of nitrogens with one attached hydrogen (secondary N) is 1. The SMILES string of the molecule is Cc1noc(C)c1S(=O)(=O)N1CCN(CCCN2C(=O)CNC2=O)CC1. The lowest BCUT2D eigenvalue weighted by Crippen LogP contribution is -2.49. The zero-order chi connectivity index (χ0) is 18.9. The van der Waals surface area contributed by atoms with Crippen molar-refractivity contribution in [1.29, 1.82) is 0 Å². The van der Waals surface area contributed by atoms with Gasteiger partial charge in [-0.2, -0.15) is 4.31 Å². The Balaban J connectivity index is 1.50. The van der Waals surface area contributed by atoms with Gasteiger partial charge in [0.25, 0.3) is 0 Å². The van der Waals surface area contributed by atoms with Crippen molar-refractivity contribution in [2.24, 2.45) is 0 Å². The summed E-state index contributed by atoms with van der Waals surface area (Å²) in [5.74, 6) is 0.101. The topological polar surface area (TPSA) is 116 Å². The molecule has 26 heavy (non-hydrogen) atoms. The van der Waals surface area contributed by atoms with Crippen LogP contribution in [0.1, 0.15) is 17.9 Å². The largest absolute Gasteiger partial charge is 0.360 e. The predicted molar refractivity (Wildman–Crippen MR) is 90.9 cm³/mol. The van der Waals surface area contributed by atoms with E-state index >= 15 is 0 Å². The molecule has 0 unspecified atom stereocenters. The molecule has 1 aromatic rings. The Bertz CT molecular complexity index is 762. The number of urea groups is 1. The van der Waals surface area contributed by atoms with Gasteiger partial charge in [0.15, 0.2) is 5.76 Å². The van der Waals surface area contributed by atoms with Crippen molar-refractivity contribution >= 4 is 22.0 Å². The van der Waals surface area contributed by atoms with Crippen molar-refractivity contribution in [3.05, 3.63) is 11.5 Å². The van der Waals surface area contributed by atoms with Crippen LogP contribution in [-0.4, -0.2) is 85.4 Å². The van der Waals surface area contributed by atoms with E-state index in [0.29, 0.717) is 57.1 Å². The van der Waals surface area contributed by atoms with E-state index in [-0.39, 0.29) is 23.4 Å². The van der Waals surface area contributed by atoms with Crippen molar-refractivity contribution in [3.63, 3.8) is 0 Å². The Labute approximate surface area is 152 Å². The maximum atomic E-state index is 12.8. The van der Waals surface area contributed by atoms with Gasteiger partial charge in [-0.25, -0.2) is 13.2 Å². The molecule has 0 saturated carbocycles. The van der Waals surface area contributed by atoms with Crippen molar-refractivity contribution < 1.29 is 22.5 Å². The molecule has 3 heterocycles. The van der Waals surface area contributed by atoms with Crippen LogP contribution in [0.3, 0.4) is 0 Å². The van der Waals surface area contributed by atoms with Crippen LogP contribution in [0.15, 0.2) is 9.42 Å². The first-order valence-corrected chi connectivity index (χ1v) is 9.98. The summed E-state index contributed by atoms with van der Waals surface area (Å²) < 4.78 is 32.0. The van der Waals surface area contributed by atoms with Crippen molar-refractivity contribution in [2.45, 2.75) is 25.2 Å². The van der Waals surface area contributed by atoms with Gasteiger partial charge in [-0.05, 0) is 26.8 Å². The lowest BCUT2D eigenvalue weighted by Gasteiger charge is -2.34. The molecule has 0 aliphatic carbocycles. The highest BCUT2D eigenvalue weighted by Gasteiger charge is 2.33. The summed E-state index contributed by atoms with van der Waals surface area (Å²) in [6.45, 7) is 6.33. The maximum absolute atomic E-state index is 12.8. The van der Waals surface area contributed by atoms with Crippen LogP contribution < -0.4 is 5.32 Å². The van der Waals surface area contributed by atoms with Crippen LogP contribution in [0.25, 0.3) is 0 Å². The van der Waals surface area contributed by atoms with Crippen molar-refractivity contribution in [3.8, 4) is 0 Å². The van der Waals surface area contributed by atoms with E-state index in [1.165, 1.54) is 9.21 Å². The number of rotatable bonds is 6. The molecule has 0 radical (unpaired) electrons. The van der Waals surface area contributed by atoms with Gasteiger partial charge in [0.2, 0.25) is 15.9 Å². The molecule has 2 aliphatic heterocycles. The fourth-order valence-electron chi connectivity index (χ4n) is 3.30. The number of aryl methyl sites for hydroxylation is 2. The lowest BCUT2D eigenvalue weighted by atomic mass is 10.3. The molecular formula is C15H23N5O5S. The molecule has 0 bridgehead atoms. The predicted octanol–water partition coefficient (Wildman–Crippen LogP) is -0.460. The molecule has 3 rings (SSSR count). The molecule has 0 atom stereocenters. The van der Waals surface area contributed by atoms with E-state index in [1.54, 1.807) is 13.8 Å². The van der Waals surface area contributed by atoms with Gasteiger partial charge in [0.1, 0.15) is 10.6 Å². The summed E-state index contributed by atoms with van der Waals surface area (Å²) in [6.07, 6.45) is 0.662. The monoisotopic (exact) mass is 385 g/mol. The third-order valence-corrected chi connectivity index (χ3v) is 6.83. The van der Waals surface area contributed by atoms with Crippen LogP contribution in [0.4, 0.5) is 4.79 Å². The minimum atomic E-state index is -3.61. The van der Waals surface area contributed by atoms with Crippen LogP contribution in [0, 0.1) is 13.8 Å². The quantitative estimate of drug-likeness (QED) is 0.659. The number of sulfonamides is 1. The number of hydrogen-bond donors (Lipinski definition) is 1. The molecular weight excluding hydrogens is 362 g/mol. The fourth-order valence-corrected chi connectivity index (χ4v) is 5.01. The van der Waals surface area contributed by atoms with Gasteiger partial charge < -0.3 is 14.7 Å². The van der Waals surface area contributed by atoms with E-state index in [4.69, 9.17) is 4.52 Å². The molecule has 144 valence electrons. The van der Waals surface area contributed by atoms with E-state index in [9.17, 15) is 18.0 Å². The van der Waals surface area contributed by atoms with Gasteiger partial charge in [0.05, 0.1) is 6.54 Å². The first kappa shape index (κ1) is 18.8. The molecule has 11 heteroatoms. The number of nitrogens with zero attached hydrogens (tertiary/aromatic N) is 4. The van der Waals surface area contributed by atoms with Gasteiger partial charge in [0, 0.05) is 32.7 Å². The van der Waals surface area contributed by atoms with E-state index in [2.05, 4.69) is 15.4 Å². The Morgan fingerprint density at radius 3 is 2.35 bits per heavy atom. The standard InChI is InChI=1S/C15H23N5O5S/c1-11-14(12(2)25-17-11)26(23,24)19-8-6-18(7-9-19)4-3-5-20-13(21)10-16-15(20)22/h3-10H2,1-2H3,(H,16,22). The minimum absolute atomic E-state index is 0.0665. The number of amides is 3. The highest BCUT2D eigenvalue weighted by molar-refractivity contribution is 7.89. The first-order chi connectivity index (χ1) is 12.3. The van der Waals surface area contributed by atoms with Crippen LogP contribution in [0.5, 0.6) is 0 Å².